The second-order valence-electron chi connectivity index (χ2n) is 5.99. The number of fused-ring (bicyclic) bond motifs is 2. The highest BCUT2D eigenvalue weighted by atomic mass is 16.7. The molecule has 0 aromatic carbocycles. The van der Waals surface area contributed by atoms with E-state index in [2.05, 4.69) is 10.4 Å². The van der Waals surface area contributed by atoms with Crippen molar-refractivity contribution in [2.75, 3.05) is 33.8 Å². The van der Waals surface area contributed by atoms with E-state index in [1.54, 1.807) is 16.8 Å². The fourth-order valence-corrected chi connectivity index (χ4v) is 3.17. The van der Waals surface area contributed by atoms with Gasteiger partial charge in [0.15, 0.2) is 0 Å². The smallest absolute Gasteiger partial charge is 0.320 e. The minimum Gasteiger partial charge on any atom is -0.323 e. The Morgan fingerprint density at radius 3 is 2.80 bits per heavy atom. The molecule has 0 aromatic rings. The molecule has 3 aliphatic heterocycles. The van der Waals surface area contributed by atoms with E-state index in [9.17, 15) is 9.59 Å². The predicted octanol–water partition coefficient (Wildman–Crippen LogP) is -0.363. The number of amides is 3. The molecule has 0 saturated carbocycles. The number of likely N-dealkylation sites (tertiary alicyclic amines) is 1. The van der Waals surface area contributed by atoms with Gasteiger partial charge in [-0.1, -0.05) is 0 Å². The van der Waals surface area contributed by atoms with Crippen LogP contribution in [0.5, 0.6) is 0 Å². The number of urea groups is 1. The van der Waals surface area contributed by atoms with Crippen molar-refractivity contribution in [3.8, 4) is 0 Å². The number of piperidine rings is 1. The Hall–Kier alpha value is -1.34. The SMILES string of the molecule is CN1CC[C@H]1CONC(=O)[C@@H]1CC[C@@H]2CN1C(=O)N2C. The lowest BCUT2D eigenvalue weighted by Gasteiger charge is -2.37. The topological polar surface area (TPSA) is 65.1 Å². The van der Waals surface area contributed by atoms with Gasteiger partial charge >= 0.3 is 6.03 Å². The van der Waals surface area contributed by atoms with Gasteiger partial charge in [-0.15, -0.1) is 0 Å². The van der Waals surface area contributed by atoms with Crippen LogP contribution in [0.25, 0.3) is 0 Å². The van der Waals surface area contributed by atoms with Crippen molar-refractivity contribution >= 4 is 11.9 Å². The van der Waals surface area contributed by atoms with E-state index in [0.29, 0.717) is 25.6 Å². The molecule has 0 spiro atoms. The summed E-state index contributed by atoms with van der Waals surface area (Å²) in [7, 11) is 3.84. The van der Waals surface area contributed by atoms with E-state index in [1.807, 2.05) is 7.05 Å². The fourth-order valence-electron chi connectivity index (χ4n) is 3.17. The summed E-state index contributed by atoms with van der Waals surface area (Å²) >= 11 is 0. The number of rotatable bonds is 4. The Balaban J connectivity index is 1.49. The Morgan fingerprint density at radius 2 is 2.15 bits per heavy atom. The molecule has 3 aliphatic rings. The van der Waals surface area contributed by atoms with Gasteiger partial charge in [0.1, 0.15) is 6.04 Å². The van der Waals surface area contributed by atoms with Crippen molar-refractivity contribution < 1.29 is 14.4 Å². The first-order chi connectivity index (χ1) is 9.58. The minimum atomic E-state index is -0.386. The quantitative estimate of drug-likeness (QED) is 0.715. The summed E-state index contributed by atoms with van der Waals surface area (Å²) in [6.07, 6.45) is 2.69. The molecule has 7 nitrogen and oxygen atoms in total. The van der Waals surface area contributed by atoms with E-state index in [0.717, 1.165) is 19.4 Å². The largest absolute Gasteiger partial charge is 0.323 e. The molecule has 2 bridgehead atoms. The van der Waals surface area contributed by atoms with Crippen LogP contribution in [-0.4, -0.2) is 78.6 Å². The summed E-state index contributed by atoms with van der Waals surface area (Å²) in [5.74, 6) is -0.200. The Morgan fingerprint density at radius 1 is 1.35 bits per heavy atom. The average Bonchev–Trinajstić information content (AvgIpc) is 2.66. The zero-order valence-corrected chi connectivity index (χ0v) is 12.0. The van der Waals surface area contributed by atoms with Crippen molar-refractivity contribution in [3.05, 3.63) is 0 Å². The second kappa shape index (κ2) is 5.21. The van der Waals surface area contributed by atoms with Gasteiger partial charge in [-0.05, 0) is 32.9 Å². The van der Waals surface area contributed by atoms with E-state index in [1.165, 1.54) is 0 Å². The van der Waals surface area contributed by atoms with E-state index in [4.69, 9.17) is 4.84 Å². The monoisotopic (exact) mass is 282 g/mol. The van der Waals surface area contributed by atoms with Crippen molar-refractivity contribution in [1.82, 2.24) is 20.2 Å². The number of nitrogens with zero attached hydrogens (tertiary/aromatic N) is 3. The van der Waals surface area contributed by atoms with Crippen LogP contribution < -0.4 is 5.48 Å². The summed E-state index contributed by atoms with van der Waals surface area (Å²) in [5, 5.41) is 0. The van der Waals surface area contributed by atoms with Gasteiger partial charge in [0.25, 0.3) is 5.91 Å². The summed E-state index contributed by atoms with van der Waals surface area (Å²) in [6, 6.07) is 0.218. The first kappa shape index (κ1) is 13.6. The molecule has 0 aliphatic carbocycles. The van der Waals surface area contributed by atoms with Gasteiger partial charge in [-0.3, -0.25) is 9.63 Å². The van der Waals surface area contributed by atoms with Crippen molar-refractivity contribution in [2.45, 2.75) is 37.4 Å². The Labute approximate surface area is 118 Å². The summed E-state index contributed by atoms with van der Waals surface area (Å²) < 4.78 is 0. The van der Waals surface area contributed by atoms with Gasteiger partial charge in [0, 0.05) is 19.6 Å². The molecular formula is C13H22N4O3. The third-order valence-electron chi connectivity index (χ3n) is 4.84. The highest BCUT2D eigenvalue weighted by Crippen LogP contribution is 2.28. The maximum Gasteiger partial charge on any atom is 0.320 e. The lowest BCUT2D eigenvalue weighted by Crippen LogP contribution is -2.52. The van der Waals surface area contributed by atoms with Crippen LogP contribution >= 0.6 is 0 Å². The summed E-state index contributed by atoms with van der Waals surface area (Å²) in [5.41, 5.74) is 2.51. The van der Waals surface area contributed by atoms with Gasteiger partial charge in [0.05, 0.1) is 12.6 Å². The number of hydrogen-bond donors (Lipinski definition) is 1. The van der Waals surface area contributed by atoms with Crippen LogP contribution in [0.3, 0.4) is 0 Å². The van der Waals surface area contributed by atoms with Crippen molar-refractivity contribution in [2.24, 2.45) is 0 Å². The molecule has 0 unspecified atom stereocenters. The van der Waals surface area contributed by atoms with Crippen LogP contribution in [0.2, 0.25) is 0 Å². The lowest BCUT2D eigenvalue weighted by molar-refractivity contribution is -0.141. The molecule has 20 heavy (non-hydrogen) atoms. The van der Waals surface area contributed by atoms with Gasteiger partial charge in [-0.25, -0.2) is 10.3 Å². The maximum absolute atomic E-state index is 12.1. The zero-order valence-electron chi connectivity index (χ0n) is 12.0. The maximum atomic E-state index is 12.1. The van der Waals surface area contributed by atoms with Gasteiger partial charge in [0.2, 0.25) is 0 Å². The number of likely N-dealkylation sites (N-methyl/N-ethyl adjacent to an activating group) is 2. The fraction of sp³-hybridized carbons (Fsp3) is 0.846. The molecule has 112 valence electrons. The summed E-state index contributed by atoms with van der Waals surface area (Å²) in [6.45, 7) is 2.24. The predicted molar refractivity (Wildman–Crippen MR) is 71.8 cm³/mol. The van der Waals surface area contributed by atoms with E-state index >= 15 is 0 Å². The lowest BCUT2D eigenvalue weighted by atomic mass is 10.0. The molecule has 3 rings (SSSR count). The highest BCUT2D eigenvalue weighted by molar-refractivity contribution is 5.88. The second-order valence-corrected chi connectivity index (χ2v) is 5.99. The van der Waals surface area contributed by atoms with Crippen LogP contribution in [-0.2, 0) is 9.63 Å². The minimum absolute atomic E-state index is 0.0497. The van der Waals surface area contributed by atoms with Gasteiger partial charge < -0.3 is 14.7 Å². The van der Waals surface area contributed by atoms with Crippen LogP contribution in [0, 0.1) is 0 Å². The molecule has 3 fully saturated rings. The number of carbonyl (C=O) groups excluding carboxylic acids is 2. The van der Waals surface area contributed by atoms with Crippen molar-refractivity contribution in [1.29, 1.82) is 0 Å². The van der Waals surface area contributed by atoms with Crippen molar-refractivity contribution in [3.63, 3.8) is 0 Å². The third-order valence-corrected chi connectivity index (χ3v) is 4.84. The number of hydrogen-bond acceptors (Lipinski definition) is 4. The normalized spacial score (nSPS) is 33.3. The molecule has 7 heteroatoms. The molecule has 3 heterocycles. The van der Waals surface area contributed by atoms with Crippen LogP contribution in [0.1, 0.15) is 19.3 Å². The molecule has 1 N–H and O–H groups in total. The Bertz CT molecular complexity index is 416. The van der Waals surface area contributed by atoms with E-state index in [-0.39, 0.29) is 24.0 Å². The average molecular weight is 282 g/mol. The highest BCUT2D eigenvalue weighted by Gasteiger charge is 2.45. The molecule has 3 atom stereocenters. The first-order valence-electron chi connectivity index (χ1n) is 7.23. The number of nitrogens with one attached hydrogen (secondary N) is 1. The van der Waals surface area contributed by atoms with E-state index < -0.39 is 0 Å². The molecule has 0 radical (unpaired) electrons. The standard InChI is InChI=1S/C13H22N4O3/c1-15-6-5-10(15)8-20-14-12(18)11-4-3-9-7-17(11)13(19)16(9)2/h9-11H,3-8H2,1-2H3,(H,14,18)/t9-,10+,11+/m1/s1. The van der Waals surface area contributed by atoms with Gasteiger partial charge in [-0.2, -0.15) is 0 Å². The van der Waals surface area contributed by atoms with Crippen LogP contribution in [0.15, 0.2) is 0 Å². The molecule has 3 saturated heterocycles. The molecule has 3 amide bonds. The number of carbonyl (C=O) groups is 2. The Kier molecular flexibility index (Phi) is 3.55. The third kappa shape index (κ3) is 2.25. The molecule has 0 aromatic heterocycles. The number of hydroxylamine groups is 1. The molecular weight excluding hydrogens is 260 g/mol. The van der Waals surface area contributed by atoms with Crippen LogP contribution in [0.4, 0.5) is 4.79 Å². The summed E-state index contributed by atoms with van der Waals surface area (Å²) in [4.78, 5) is 35.0. The zero-order chi connectivity index (χ0) is 14.3. The first-order valence-corrected chi connectivity index (χ1v) is 7.23.